The van der Waals surface area contributed by atoms with E-state index in [9.17, 15) is 9.59 Å². The molecule has 29 heavy (non-hydrogen) atoms. The third-order valence-electron chi connectivity index (χ3n) is 4.84. The van der Waals surface area contributed by atoms with Gasteiger partial charge in [0.25, 0.3) is 0 Å². The monoisotopic (exact) mass is 422 g/mol. The fourth-order valence-corrected chi connectivity index (χ4v) is 3.45. The van der Waals surface area contributed by atoms with Crippen LogP contribution < -0.4 is 10.6 Å². The summed E-state index contributed by atoms with van der Waals surface area (Å²) in [6, 6.07) is 5.29. The highest BCUT2D eigenvalue weighted by Crippen LogP contribution is 2.24. The fraction of sp³-hybridized carbons (Fsp3) is 0.571. The first kappa shape index (κ1) is 23.0. The topological polar surface area (TPSA) is 96.3 Å². The highest BCUT2D eigenvalue weighted by Gasteiger charge is 2.15. The van der Waals surface area contributed by atoms with Crippen LogP contribution in [0, 0.1) is 0 Å². The van der Waals surface area contributed by atoms with Crippen LogP contribution >= 0.6 is 11.6 Å². The van der Waals surface area contributed by atoms with Gasteiger partial charge in [-0.25, -0.2) is 9.59 Å². The van der Waals surface area contributed by atoms with Crippen LogP contribution in [0.1, 0.15) is 64.0 Å². The predicted octanol–water partition coefficient (Wildman–Crippen LogP) is 5.20. The molecule has 0 aliphatic heterocycles. The second-order valence-electron chi connectivity index (χ2n) is 7.21. The minimum absolute atomic E-state index is 0.222. The maximum Gasteiger partial charge on any atom is 0.404 e. The minimum atomic E-state index is -0.982. The Kier molecular flexibility index (Phi) is 9.77. The van der Waals surface area contributed by atoms with E-state index in [-0.39, 0.29) is 6.03 Å². The first-order valence-corrected chi connectivity index (χ1v) is 10.8. The Hall–Kier alpha value is -2.28. The lowest BCUT2D eigenvalue weighted by Gasteiger charge is -2.05. The number of unbranched alkanes of at least 4 members (excludes halogenated alkanes) is 6. The van der Waals surface area contributed by atoms with Crippen molar-refractivity contribution in [2.24, 2.45) is 0 Å². The van der Waals surface area contributed by atoms with E-state index in [4.69, 9.17) is 16.7 Å². The van der Waals surface area contributed by atoms with Gasteiger partial charge < -0.3 is 15.7 Å². The van der Waals surface area contributed by atoms with Crippen LogP contribution in [-0.2, 0) is 6.42 Å². The maximum atomic E-state index is 12.6. The molecule has 7 nitrogen and oxygen atoms in total. The van der Waals surface area contributed by atoms with Gasteiger partial charge in [-0.1, -0.05) is 50.6 Å². The van der Waals surface area contributed by atoms with Gasteiger partial charge in [0.1, 0.15) is 0 Å². The summed E-state index contributed by atoms with van der Waals surface area (Å²) in [6.45, 7) is 3.27. The van der Waals surface area contributed by atoms with Crippen molar-refractivity contribution in [3.63, 3.8) is 0 Å². The van der Waals surface area contributed by atoms with E-state index >= 15 is 0 Å². The molecule has 2 rings (SSSR count). The normalized spacial score (nSPS) is 11.0. The van der Waals surface area contributed by atoms with Crippen LogP contribution in [0.25, 0.3) is 10.9 Å². The number of hydrogen-bond donors (Lipinski definition) is 3. The summed E-state index contributed by atoms with van der Waals surface area (Å²) in [7, 11) is 0. The van der Waals surface area contributed by atoms with Crippen LogP contribution in [0.5, 0.6) is 0 Å². The number of benzene rings is 1. The van der Waals surface area contributed by atoms with E-state index in [2.05, 4.69) is 22.7 Å². The van der Waals surface area contributed by atoms with E-state index in [1.54, 1.807) is 6.07 Å². The van der Waals surface area contributed by atoms with Crippen molar-refractivity contribution in [1.82, 2.24) is 20.4 Å². The summed E-state index contributed by atoms with van der Waals surface area (Å²) in [4.78, 5) is 23.0. The number of aryl methyl sites for hydroxylation is 1. The van der Waals surface area contributed by atoms with Gasteiger partial charge in [0.2, 0.25) is 0 Å². The molecule has 1 heterocycles. The lowest BCUT2D eigenvalue weighted by atomic mass is 10.1. The Morgan fingerprint density at radius 2 is 1.72 bits per heavy atom. The molecule has 0 fully saturated rings. The van der Waals surface area contributed by atoms with Gasteiger partial charge in [0.15, 0.2) is 0 Å². The van der Waals surface area contributed by atoms with Gasteiger partial charge in [0, 0.05) is 23.5 Å². The summed E-state index contributed by atoms with van der Waals surface area (Å²) in [5, 5.41) is 20.0. The molecule has 0 saturated heterocycles. The summed E-state index contributed by atoms with van der Waals surface area (Å²) in [6.07, 6.45) is 7.86. The zero-order valence-electron chi connectivity index (χ0n) is 17.0. The molecule has 3 N–H and O–H groups in total. The Bertz CT molecular complexity index is 807. The van der Waals surface area contributed by atoms with E-state index < -0.39 is 6.09 Å². The number of carboxylic acid groups (broad SMARTS) is 1. The summed E-state index contributed by atoms with van der Waals surface area (Å²) >= 11 is 6.14. The third-order valence-corrected chi connectivity index (χ3v) is 5.07. The van der Waals surface area contributed by atoms with Gasteiger partial charge in [-0.05, 0) is 43.9 Å². The van der Waals surface area contributed by atoms with Crippen molar-refractivity contribution >= 4 is 34.6 Å². The maximum absolute atomic E-state index is 12.6. The van der Waals surface area contributed by atoms with E-state index in [1.165, 1.54) is 11.1 Å². The Balaban J connectivity index is 1.93. The highest BCUT2D eigenvalue weighted by atomic mass is 35.5. The van der Waals surface area contributed by atoms with Gasteiger partial charge in [-0.15, -0.1) is 0 Å². The van der Waals surface area contributed by atoms with E-state index in [0.717, 1.165) is 68.0 Å². The molecule has 160 valence electrons. The number of aromatic nitrogens is 2. The van der Waals surface area contributed by atoms with Crippen LogP contribution in [0.3, 0.4) is 0 Å². The zero-order valence-corrected chi connectivity index (χ0v) is 17.8. The van der Waals surface area contributed by atoms with Crippen LogP contribution in [0.15, 0.2) is 18.2 Å². The van der Waals surface area contributed by atoms with Crippen LogP contribution in [0.4, 0.5) is 9.59 Å². The molecule has 0 saturated carbocycles. The van der Waals surface area contributed by atoms with Crippen molar-refractivity contribution in [3.8, 4) is 0 Å². The van der Waals surface area contributed by atoms with Crippen molar-refractivity contribution in [2.75, 3.05) is 13.1 Å². The average Bonchev–Trinajstić information content (AvgIpc) is 3.04. The summed E-state index contributed by atoms with van der Waals surface area (Å²) < 4.78 is 1.42. The predicted molar refractivity (Wildman–Crippen MR) is 116 cm³/mol. The Morgan fingerprint density at radius 1 is 1.03 bits per heavy atom. The largest absolute Gasteiger partial charge is 0.465 e. The number of amides is 2. The number of carbonyl (C=O) groups is 2. The number of carbonyl (C=O) groups excluding carboxylic acids is 1. The Morgan fingerprint density at radius 3 is 2.45 bits per heavy atom. The zero-order chi connectivity index (χ0) is 21.1. The van der Waals surface area contributed by atoms with Crippen molar-refractivity contribution < 1.29 is 14.7 Å². The first-order valence-electron chi connectivity index (χ1n) is 10.4. The lowest BCUT2D eigenvalue weighted by Crippen LogP contribution is -2.30. The SMILES string of the molecule is CCCCCCNC(=O)n1nc(CCCCCCNC(=O)O)c2ccc(Cl)cc21. The molecule has 2 aromatic rings. The number of rotatable bonds is 12. The van der Waals surface area contributed by atoms with Crippen LogP contribution in [-0.4, -0.2) is 40.1 Å². The molecule has 0 radical (unpaired) electrons. The number of nitrogens with one attached hydrogen (secondary N) is 2. The highest BCUT2D eigenvalue weighted by molar-refractivity contribution is 6.31. The van der Waals surface area contributed by atoms with Crippen molar-refractivity contribution in [1.29, 1.82) is 0 Å². The summed E-state index contributed by atoms with van der Waals surface area (Å²) in [5.74, 6) is 0. The Labute approximate surface area is 176 Å². The number of hydrogen-bond acceptors (Lipinski definition) is 3. The second kappa shape index (κ2) is 12.3. The molecule has 2 amide bonds. The molecule has 0 spiro atoms. The van der Waals surface area contributed by atoms with Crippen molar-refractivity contribution in [3.05, 3.63) is 28.9 Å². The number of nitrogens with zero attached hydrogens (tertiary/aromatic N) is 2. The molecule has 8 heteroatoms. The fourth-order valence-electron chi connectivity index (χ4n) is 3.28. The molecule has 1 aromatic heterocycles. The average molecular weight is 423 g/mol. The molecule has 0 bridgehead atoms. The lowest BCUT2D eigenvalue weighted by molar-refractivity contribution is 0.194. The standard InChI is InChI=1S/C21H31ClN4O3/c1-2-3-4-8-13-23-20(27)26-19-15-16(22)11-12-17(19)18(25-26)10-7-5-6-9-14-24-21(28)29/h11-12,15,24H,2-10,13-14H2,1H3,(H,23,27)(H,28,29). The first-order chi connectivity index (χ1) is 14.0. The summed E-state index contributed by atoms with van der Waals surface area (Å²) in [5.41, 5.74) is 1.62. The molecule has 0 aliphatic rings. The molecule has 0 aliphatic carbocycles. The molecule has 0 atom stereocenters. The quantitative estimate of drug-likeness (QED) is 0.409. The molecule has 1 aromatic carbocycles. The number of fused-ring (bicyclic) bond motifs is 1. The molecule has 0 unspecified atom stereocenters. The second-order valence-corrected chi connectivity index (χ2v) is 7.65. The van der Waals surface area contributed by atoms with Crippen LogP contribution in [0.2, 0.25) is 5.02 Å². The van der Waals surface area contributed by atoms with E-state index in [0.29, 0.717) is 18.1 Å². The number of halogens is 1. The van der Waals surface area contributed by atoms with Gasteiger partial charge >= 0.3 is 12.1 Å². The molecular weight excluding hydrogens is 392 g/mol. The van der Waals surface area contributed by atoms with Gasteiger partial charge in [-0.3, -0.25) is 0 Å². The third kappa shape index (κ3) is 7.57. The molecular formula is C21H31ClN4O3. The van der Waals surface area contributed by atoms with Crippen molar-refractivity contribution in [2.45, 2.75) is 64.7 Å². The van der Waals surface area contributed by atoms with E-state index in [1.807, 2.05) is 12.1 Å². The smallest absolute Gasteiger partial charge is 0.404 e. The minimum Gasteiger partial charge on any atom is -0.465 e. The van der Waals surface area contributed by atoms with Gasteiger partial charge in [-0.2, -0.15) is 9.78 Å². The van der Waals surface area contributed by atoms with Gasteiger partial charge in [0.05, 0.1) is 11.2 Å².